The first-order chi connectivity index (χ1) is 14.7. The fourth-order valence-electron chi connectivity index (χ4n) is 4.11. The van der Waals surface area contributed by atoms with E-state index in [2.05, 4.69) is 35.6 Å². The van der Waals surface area contributed by atoms with Gasteiger partial charge in [0.05, 0.1) is 14.2 Å². The van der Waals surface area contributed by atoms with Crippen molar-refractivity contribution in [3.05, 3.63) is 71.8 Å². The SMILES string of the molecule is COc1ccc(C(=O)N(Cc2ccc3ccccc3c2)C[C@@H]2CCCN2)cc1OC. The van der Waals surface area contributed by atoms with Crippen molar-refractivity contribution in [2.75, 3.05) is 27.3 Å². The quantitative estimate of drug-likeness (QED) is 0.640. The maximum atomic E-state index is 13.5. The molecule has 3 aromatic rings. The van der Waals surface area contributed by atoms with Crippen LogP contribution in [-0.4, -0.2) is 44.2 Å². The summed E-state index contributed by atoms with van der Waals surface area (Å²) in [6.45, 7) is 2.26. The Kier molecular flexibility index (Phi) is 6.19. The van der Waals surface area contributed by atoms with Gasteiger partial charge in [0, 0.05) is 24.7 Å². The topological polar surface area (TPSA) is 50.8 Å². The van der Waals surface area contributed by atoms with Gasteiger partial charge in [-0.2, -0.15) is 0 Å². The standard InChI is InChI=1S/C25H28N2O3/c1-29-23-12-11-21(15-24(23)30-2)25(28)27(17-22-8-5-13-26-22)16-18-9-10-19-6-3-4-7-20(19)14-18/h3-4,6-7,9-12,14-15,22,26H,5,8,13,16-17H2,1-2H3/t22-/m0/s1. The van der Waals surface area contributed by atoms with Crippen molar-refractivity contribution in [1.82, 2.24) is 10.2 Å². The number of nitrogens with zero attached hydrogens (tertiary/aromatic N) is 1. The van der Waals surface area contributed by atoms with Crippen LogP contribution in [0.4, 0.5) is 0 Å². The zero-order chi connectivity index (χ0) is 20.9. The van der Waals surface area contributed by atoms with E-state index in [4.69, 9.17) is 9.47 Å². The molecule has 1 N–H and O–H groups in total. The highest BCUT2D eigenvalue weighted by Crippen LogP contribution is 2.28. The van der Waals surface area contributed by atoms with Crippen molar-refractivity contribution >= 4 is 16.7 Å². The van der Waals surface area contributed by atoms with E-state index in [9.17, 15) is 4.79 Å². The molecule has 3 aromatic carbocycles. The van der Waals surface area contributed by atoms with Gasteiger partial charge in [0.2, 0.25) is 0 Å². The monoisotopic (exact) mass is 404 g/mol. The molecule has 0 unspecified atom stereocenters. The van der Waals surface area contributed by atoms with Gasteiger partial charge in [-0.25, -0.2) is 0 Å². The third-order valence-corrected chi connectivity index (χ3v) is 5.71. The van der Waals surface area contributed by atoms with Crippen molar-refractivity contribution in [2.24, 2.45) is 0 Å². The van der Waals surface area contributed by atoms with E-state index in [0.717, 1.165) is 24.9 Å². The summed E-state index contributed by atoms with van der Waals surface area (Å²) in [7, 11) is 3.18. The Balaban J connectivity index is 1.62. The molecular weight excluding hydrogens is 376 g/mol. The Morgan fingerprint density at radius 2 is 1.80 bits per heavy atom. The second-order valence-electron chi connectivity index (χ2n) is 7.73. The summed E-state index contributed by atoms with van der Waals surface area (Å²) in [5, 5.41) is 5.90. The van der Waals surface area contributed by atoms with Crippen LogP contribution in [0.2, 0.25) is 0 Å². The van der Waals surface area contributed by atoms with Crippen LogP contribution >= 0.6 is 0 Å². The van der Waals surface area contributed by atoms with Crippen LogP contribution in [0.1, 0.15) is 28.8 Å². The van der Waals surface area contributed by atoms with Crippen molar-refractivity contribution < 1.29 is 14.3 Å². The van der Waals surface area contributed by atoms with E-state index >= 15 is 0 Å². The highest BCUT2D eigenvalue weighted by molar-refractivity contribution is 5.95. The second-order valence-corrected chi connectivity index (χ2v) is 7.73. The van der Waals surface area contributed by atoms with Crippen LogP contribution in [-0.2, 0) is 6.54 Å². The first-order valence-corrected chi connectivity index (χ1v) is 10.4. The van der Waals surface area contributed by atoms with Gasteiger partial charge in [-0.05, 0) is 60.0 Å². The first-order valence-electron chi connectivity index (χ1n) is 10.4. The summed E-state index contributed by atoms with van der Waals surface area (Å²) in [5.41, 5.74) is 1.73. The molecule has 0 bridgehead atoms. The lowest BCUT2D eigenvalue weighted by molar-refractivity contribution is 0.0728. The van der Waals surface area contributed by atoms with Gasteiger partial charge in [0.1, 0.15) is 0 Å². The minimum absolute atomic E-state index is 0.00203. The molecular formula is C25H28N2O3. The molecule has 0 radical (unpaired) electrons. The lowest BCUT2D eigenvalue weighted by Gasteiger charge is -2.26. The predicted octanol–water partition coefficient (Wildman–Crippen LogP) is 4.25. The number of carbonyl (C=O) groups excluding carboxylic acids is 1. The maximum Gasteiger partial charge on any atom is 0.254 e. The fourth-order valence-corrected chi connectivity index (χ4v) is 4.11. The normalized spacial score (nSPS) is 15.9. The van der Waals surface area contributed by atoms with Crippen molar-refractivity contribution in [1.29, 1.82) is 0 Å². The Morgan fingerprint density at radius 3 is 2.53 bits per heavy atom. The van der Waals surface area contributed by atoms with E-state index in [1.165, 1.54) is 10.8 Å². The van der Waals surface area contributed by atoms with Gasteiger partial charge < -0.3 is 19.7 Å². The number of fused-ring (bicyclic) bond motifs is 1. The van der Waals surface area contributed by atoms with E-state index in [-0.39, 0.29) is 5.91 Å². The summed E-state index contributed by atoms with van der Waals surface area (Å²) < 4.78 is 10.7. The fraction of sp³-hybridized carbons (Fsp3) is 0.320. The largest absolute Gasteiger partial charge is 0.493 e. The van der Waals surface area contributed by atoms with Crippen molar-refractivity contribution in [2.45, 2.75) is 25.4 Å². The third kappa shape index (κ3) is 4.41. The average Bonchev–Trinajstić information content (AvgIpc) is 3.30. The summed E-state index contributed by atoms with van der Waals surface area (Å²) in [6, 6.07) is 20.4. The van der Waals surface area contributed by atoms with Crippen LogP contribution in [0.25, 0.3) is 10.8 Å². The number of hydrogen-bond donors (Lipinski definition) is 1. The zero-order valence-electron chi connectivity index (χ0n) is 17.6. The molecule has 5 heteroatoms. The molecule has 1 aliphatic rings. The first kappa shape index (κ1) is 20.2. The Bertz CT molecular complexity index is 1030. The van der Waals surface area contributed by atoms with Crippen molar-refractivity contribution in [3.63, 3.8) is 0 Å². The molecule has 0 saturated carbocycles. The zero-order valence-corrected chi connectivity index (χ0v) is 17.6. The molecule has 1 saturated heterocycles. The number of amides is 1. The number of methoxy groups -OCH3 is 2. The highest BCUT2D eigenvalue weighted by atomic mass is 16.5. The molecule has 4 rings (SSSR count). The van der Waals surface area contributed by atoms with Gasteiger partial charge in [-0.3, -0.25) is 4.79 Å². The van der Waals surface area contributed by atoms with Gasteiger partial charge >= 0.3 is 0 Å². The second kappa shape index (κ2) is 9.18. The maximum absolute atomic E-state index is 13.5. The summed E-state index contributed by atoms with van der Waals surface area (Å²) in [4.78, 5) is 15.4. The summed E-state index contributed by atoms with van der Waals surface area (Å²) >= 11 is 0. The molecule has 30 heavy (non-hydrogen) atoms. The lowest BCUT2D eigenvalue weighted by Crippen LogP contribution is -2.40. The number of benzene rings is 3. The van der Waals surface area contributed by atoms with Crippen LogP contribution in [0.15, 0.2) is 60.7 Å². The highest BCUT2D eigenvalue weighted by Gasteiger charge is 2.23. The van der Waals surface area contributed by atoms with E-state index in [0.29, 0.717) is 36.2 Å². The number of carbonyl (C=O) groups is 1. The third-order valence-electron chi connectivity index (χ3n) is 5.71. The van der Waals surface area contributed by atoms with E-state index in [1.54, 1.807) is 32.4 Å². The number of hydrogen-bond acceptors (Lipinski definition) is 4. The van der Waals surface area contributed by atoms with Gasteiger partial charge in [0.25, 0.3) is 5.91 Å². The Hall–Kier alpha value is -3.05. The van der Waals surface area contributed by atoms with Gasteiger partial charge in [0.15, 0.2) is 11.5 Å². The minimum Gasteiger partial charge on any atom is -0.493 e. The molecule has 1 amide bonds. The van der Waals surface area contributed by atoms with Crippen LogP contribution in [0.5, 0.6) is 11.5 Å². The molecule has 0 spiro atoms. The molecule has 1 aliphatic heterocycles. The van der Waals surface area contributed by atoms with Crippen LogP contribution in [0.3, 0.4) is 0 Å². The Labute approximate surface area is 177 Å². The molecule has 156 valence electrons. The molecule has 0 aromatic heterocycles. The number of rotatable bonds is 7. The number of nitrogens with one attached hydrogen (secondary N) is 1. The van der Waals surface area contributed by atoms with E-state index < -0.39 is 0 Å². The van der Waals surface area contributed by atoms with Crippen LogP contribution < -0.4 is 14.8 Å². The molecule has 5 nitrogen and oxygen atoms in total. The van der Waals surface area contributed by atoms with Crippen LogP contribution in [0, 0.1) is 0 Å². The predicted molar refractivity (Wildman–Crippen MR) is 119 cm³/mol. The Morgan fingerprint density at radius 1 is 1.00 bits per heavy atom. The molecule has 1 heterocycles. The summed E-state index contributed by atoms with van der Waals surface area (Å²) in [5.74, 6) is 1.18. The number of ether oxygens (including phenoxy) is 2. The minimum atomic E-state index is -0.00203. The summed E-state index contributed by atoms with van der Waals surface area (Å²) in [6.07, 6.45) is 2.24. The molecule has 1 atom stereocenters. The van der Waals surface area contributed by atoms with Crippen molar-refractivity contribution in [3.8, 4) is 11.5 Å². The lowest BCUT2D eigenvalue weighted by atomic mass is 10.1. The van der Waals surface area contributed by atoms with Gasteiger partial charge in [-0.15, -0.1) is 0 Å². The smallest absolute Gasteiger partial charge is 0.254 e. The average molecular weight is 405 g/mol. The van der Waals surface area contributed by atoms with E-state index in [1.807, 2.05) is 17.0 Å². The molecule has 0 aliphatic carbocycles. The molecule has 1 fully saturated rings. The van der Waals surface area contributed by atoms with Gasteiger partial charge in [-0.1, -0.05) is 36.4 Å².